The molecule has 0 rings (SSSR count). The largest absolute Gasteiger partial charge is 0.466 e. The molecular weight excluding hydrogens is 340 g/mol. The summed E-state index contributed by atoms with van der Waals surface area (Å²) in [7, 11) is 0. The van der Waals surface area contributed by atoms with E-state index in [1.54, 1.807) is 0 Å². The predicted octanol–water partition coefficient (Wildman–Crippen LogP) is 6.60. The van der Waals surface area contributed by atoms with Crippen LogP contribution in [0.1, 0.15) is 118 Å². The van der Waals surface area contributed by atoms with E-state index in [1.807, 2.05) is 6.92 Å². The molecule has 0 aliphatic carbocycles. The summed E-state index contributed by atoms with van der Waals surface area (Å²) >= 11 is 0. The monoisotopic (exact) mass is 384 g/mol. The number of carbonyl (C=O) groups excluding carboxylic acids is 2. The van der Waals surface area contributed by atoms with Crippen LogP contribution in [0.15, 0.2) is 0 Å². The lowest BCUT2D eigenvalue weighted by molar-refractivity contribution is -0.153. The lowest BCUT2D eigenvalue weighted by Gasteiger charge is -2.26. The third kappa shape index (κ3) is 16.8. The average molecular weight is 385 g/mol. The maximum atomic E-state index is 11.8. The van der Waals surface area contributed by atoms with Crippen LogP contribution in [0.4, 0.5) is 0 Å². The summed E-state index contributed by atoms with van der Waals surface area (Å²) in [6, 6.07) is 0. The molecule has 0 saturated heterocycles. The molecule has 0 spiro atoms. The van der Waals surface area contributed by atoms with Crippen molar-refractivity contribution < 1.29 is 19.1 Å². The van der Waals surface area contributed by atoms with Gasteiger partial charge in [-0.3, -0.25) is 9.59 Å². The molecule has 0 fully saturated rings. The van der Waals surface area contributed by atoms with Crippen molar-refractivity contribution in [2.24, 2.45) is 5.41 Å². The first-order valence-electron chi connectivity index (χ1n) is 11.1. The molecule has 27 heavy (non-hydrogen) atoms. The molecule has 0 aromatic carbocycles. The zero-order valence-electron chi connectivity index (χ0n) is 18.6. The summed E-state index contributed by atoms with van der Waals surface area (Å²) in [5.41, 5.74) is -0.00807. The molecule has 0 heterocycles. The van der Waals surface area contributed by atoms with Gasteiger partial charge in [-0.05, 0) is 31.6 Å². The Kier molecular flexibility index (Phi) is 15.3. The smallest absolute Gasteiger partial charge is 0.306 e. The van der Waals surface area contributed by atoms with E-state index < -0.39 is 0 Å². The number of rotatable bonds is 16. The Balaban J connectivity index is 3.42. The molecular formula is C23H44O4. The van der Waals surface area contributed by atoms with Crippen molar-refractivity contribution >= 4 is 11.9 Å². The molecule has 4 heteroatoms. The van der Waals surface area contributed by atoms with Crippen LogP contribution in [-0.2, 0) is 19.1 Å². The Morgan fingerprint density at radius 3 is 1.78 bits per heavy atom. The molecule has 0 saturated carbocycles. The van der Waals surface area contributed by atoms with Crippen molar-refractivity contribution in [1.29, 1.82) is 0 Å². The van der Waals surface area contributed by atoms with Crippen LogP contribution in [0.3, 0.4) is 0 Å². The van der Waals surface area contributed by atoms with Crippen LogP contribution < -0.4 is 0 Å². The topological polar surface area (TPSA) is 52.6 Å². The highest BCUT2D eigenvalue weighted by Crippen LogP contribution is 2.22. The fourth-order valence-electron chi connectivity index (χ4n) is 2.64. The van der Waals surface area contributed by atoms with Gasteiger partial charge in [0.25, 0.3) is 0 Å². The number of esters is 2. The zero-order chi connectivity index (χ0) is 20.5. The Morgan fingerprint density at radius 2 is 1.22 bits per heavy atom. The van der Waals surface area contributed by atoms with Gasteiger partial charge in [-0.1, -0.05) is 79.1 Å². The van der Waals surface area contributed by atoms with Crippen LogP contribution >= 0.6 is 0 Å². The van der Waals surface area contributed by atoms with Gasteiger partial charge in [0.2, 0.25) is 0 Å². The minimum absolute atomic E-state index is 0.00807. The quantitative estimate of drug-likeness (QED) is 0.222. The summed E-state index contributed by atoms with van der Waals surface area (Å²) < 4.78 is 10.7. The summed E-state index contributed by atoms with van der Waals surface area (Å²) in [4.78, 5) is 23.4. The molecule has 0 aromatic heterocycles. The van der Waals surface area contributed by atoms with Gasteiger partial charge < -0.3 is 9.47 Å². The number of hydrogen-bond acceptors (Lipinski definition) is 4. The van der Waals surface area contributed by atoms with Crippen LogP contribution in [0.25, 0.3) is 0 Å². The maximum absolute atomic E-state index is 11.8. The third-order valence-electron chi connectivity index (χ3n) is 5.05. The fraction of sp³-hybridized carbons (Fsp3) is 0.913. The number of ether oxygens (including phenoxy) is 2. The van der Waals surface area contributed by atoms with E-state index in [0.717, 1.165) is 51.4 Å². The van der Waals surface area contributed by atoms with Gasteiger partial charge >= 0.3 is 11.9 Å². The summed E-state index contributed by atoms with van der Waals surface area (Å²) in [5.74, 6) is -0.143. The molecule has 160 valence electrons. The second-order valence-electron chi connectivity index (χ2n) is 8.75. The van der Waals surface area contributed by atoms with E-state index in [-0.39, 0.29) is 23.5 Å². The number of carbonyl (C=O) groups is 2. The maximum Gasteiger partial charge on any atom is 0.306 e. The van der Waals surface area contributed by atoms with Gasteiger partial charge in [-0.25, -0.2) is 0 Å². The molecule has 0 aliphatic rings. The molecule has 0 amide bonds. The zero-order valence-corrected chi connectivity index (χ0v) is 18.6. The molecule has 0 aromatic rings. The highest BCUT2D eigenvalue weighted by atomic mass is 16.5. The lowest BCUT2D eigenvalue weighted by Crippen LogP contribution is -2.28. The predicted molar refractivity (Wildman–Crippen MR) is 112 cm³/mol. The van der Waals surface area contributed by atoms with E-state index in [1.165, 1.54) is 19.3 Å². The van der Waals surface area contributed by atoms with Crippen molar-refractivity contribution in [2.75, 3.05) is 6.61 Å². The number of unbranched alkanes of at least 4 members (excludes halogenated alkanes) is 9. The second-order valence-corrected chi connectivity index (χ2v) is 8.75. The molecule has 0 aliphatic heterocycles. The molecule has 1 unspecified atom stereocenters. The third-order valence-corrected chi connectivity index (χ3v) is 5.05. The van der Waals surface area contributed by atoms with E-state index in [0.29, 0.717) is 19.4 Å². The van der Waals surface area contributed by atoms with Crippen molar-refractivity contribution in [1.82, 2.24) is 0 Å². The van der Waals surface area contributed by atoms with E-state index in [9.17, 15) is 9.59 Å². The number of hydrogen-bond donors (Lipinski definition) is 0. The Hall–Kier alpha value is -1.06. The van der Waals surface area contributed by atoms with Gasteiger partial charge in [-0.2, -0.15) is 0 Å². The highest BCUT2D eigenvalue weighted by Gasteiger charge is 2.23. The van der Waals surface area contributed by atoms with Crippen LogP contribution in [-0.4, -0.2) is 24.6 Å². The van der Waals surface area contributed by atoms with Gasteiger partial charge in [0, 0.05) is 12.8 Å². The van der Waals surface area contributed by atoms with E-state index >= 15 is 0 Å². The molecule has 4 nitrogen and oxygen atoms in total. The first kappa shape index (κ1) is 25.9. The summed E-state index contributed by atoms with van der Waals surface area (Å²) in [6.07, 6.45) is 13.0. The van der Waals surface area contributed by atoms with Gasteiger partial charge in [0.15, 0.2) is 0 Å². The Morgan fingerprint density at radius 1 is 0.741 bits per heavy atom. The fourth-order valence-corrected chi connectivity index (χ4v) is 2.64. The summed E-state index contributed by atoms with van der Waals surface area (Å²) in [6.45, 7) is 11.0. The second kappa shape index (κ2) is 15.9. The van der Waals surface area contributed by atoms with Crippen LogP contribution in [0.5, 0.6) is 0 Å². The van der Waals surface area contributed by atoms with Crippen molar-refractivity contribution in [3.8, 4) is 0 Å². The lowest BCUT2D eigenvalue weighted by atomic mass is 9.90. The molecule has 0 radical (unpaired) electrons. The average Bonchev–Trinajstić information content (AvgIpc) is 2.59. The first-order chi connectivity index (χ1) is 12.8. The molecule has 0 N–H and O–H groups in total. The molecule has 0 bridgehead atoms. The Bertz CT molecular complexity index is 384. The van der Waals surface area contributed by atoms with Crippen molar-refractivity contribution in [3.05, 3.63) is 0 Å². The first-order valence-corrected chi connectivity index (χ1v) is 11.1. The van der Waals surface area contributed by atoms with Gasteiger partial charge in [-0.15, -0.1) is 0 Å². The normalized spacial score (nSPS) is 12.6. The van der Waals surface area contributed by atoms with Gasteiger partial charge in [0.05, 0.1) is 6.61 Å². The minimum Gasteiger partial charge on any atom is -0.466 e. The SMILES string of the molecule is CCCCCCCOC(=O)CCCCCCCCC(=O)OC(C)C(C)(C)C. The Labute approximate surface area is 167 Å². The van der Waals surface area contributed by atoms with Crippen LogP contribution in [0, 0.1) is 5.41 Å². The van der Waals surface area contributed by atoms with E-state index in [4.69, 9.17) is 9.47 Å². The standard InChI is InChI=1S/C23H44O4/c1-6-7-8-13-16-19-26-21(24)17-14-11-9-10-12-15-18-22(25)27-20(2)23(3,4)5/h20H,6-19H2,1-5H3. The van der Waals surface area contributed by atoms with Crippen molar-refractivity contribution in [3.63, 3.8) is 0 Å². The van der Waals surface area contributed by atoms with Gasteiger partial charge in [0.1, 0.15) is 6.10 Å². The van der Waals surface area contributed by atoms with Crippen LogP contribution in [0.2, 0.25) is 0 Å². The minimum atomic E-state index is -0.0881. The van der Waals surface area contributed by atoms with Crippen molar-refractivity contribution in [2.45, 2.75) is 124 Å². The van der Waals surface area contributed by atoms with E-state index in [2.05, 4.69) is 27.7 Å². The summed E-state index contributed by atoms with van der Waals surface area (Å²) in [5, 5.41) is 0. The molecule has 1 atom stereocenters. The highest BCUT2D eigenvalue weighted by molar-refractivity contribution is 5.69.